The number of benzene rings is 1. The van der Waals surface area contributed by atoms with Gasteiger partial charge in [-0.25, -0.2) is 0 Å². The summed E-state index contributed by atoms with van der Waals surface area (Å²) in [5.74, 6) is -0.390. The number of allylic oxidation sites excluding steroid dienone is 1. The number of aromatic nitrogens is 1. The van der Waals surface area contributed by atoms with Gasteiger partial charge in [-0.05, 0) is 75.2 Å². The molecule has 1 heterocycles. The number of rotatable bonds is 8. The standard InChI is InChI=1S/C24H28F3N3O2/c1-16-4-7-18(14-28-16)21(23(10-11-23)24(25,26)27)13-22(32)29-15-19(30(2)3)12-17-5-8-20(31)9-6-17/h4-9,13-14,19,31H,10-12,15H2,1-3H3,(H,29,32)/b21-13-/t19-/m0/s1. The first kappa shape index (κ1) is 23.8. The SMILES string of the molecule is Cc1ccc(/C(=C/C(=O)NC[C@H](Cc2ccc(O)cc2)N(C)C)C2(C(F)(F)F)CC2)cn1. The molecule has 1 aliphatic carbocycles. The summed E-state index contributed by atoms with van der Waals surface area (Å²) in [4.78, 5) is 18.8. The van der Waals surface area contributed by atoms with Gasteiger partial charge in [0.05, 0.1) is 5.41 Å². The lowest BCUT2D eigenvalue weighted by Crippen LogP contribution is -2.41. The molecule has 0 unspecified atom stereocenters. The second-order valence-electron chi connectivity index (χ2n) is 8.56. The number of phenolic OH excluding ortho intramolecular Hbond substituents is 1. The quantitative estimate of drug-likeness (QED) is 0.598. The van der Waals surface area contributed by atoms with Crippen LogP contribution in [0.3, 0.4) is 0 Å². The number of carbonyl (C=O) groups excluding carboxylic acids is 1. The fourth-order valence-corrected chi connectivity index (χ4v) is 3.70. The number of pyridine rings is 1. The van der Waals surface area contributed by atoms with Crippen molar-refractivity contribution in [3.05, 3.63) is 65.5 Å². The minimum Gasteiger partial charge on any atom is -0.508 e. The number of aryl methyl sites for hydroxylation is 1. The van der Waals surface area contributed by atoms with E-state index in [2.05, 4.69) is 10.3 Å². The fraction of sp³-hybridized carbons (Fsp3) is 0.417. The van der Waals surface area contributed by atoms with Gasteiger partial charge in [0.15, 0.2) is 0 Å². The number of nitrogens with one attached hydrogen (secondary N) is 1. The van der Waals surface area contributed by atoms with Crippen molar-refractivity contribution < 1.29 is 23.1 Å². The Morgan fingerprint density at radius 2 is 1.88 bits per heavy atom. The van der Waals surface area contributed by atoms with Gasteiger partial charge < -0.3 is 15.3 Å². The molecule has 172 valence electrons. The van der Waals surface area contributed by atoms with Crippen LogP contribution in [0.2, 0.25) is 0 Å². The van der Waals surface area contributed by atoms with Crippen LogP contribution in [0.1, 0.15) is 29.7 Å². The van der Waals surface area contributed by atoms with E-state index in [9.17, 15) is 23.1 Å². The Hall–Kier alpha value is -2.87. The molecule has 1 aromatic carbocycles. The second kappa shape index (κ2) is 9.32. The average molecular weight is 448 g/mol. The molecule has 2 N–H and O–H groups in total. The molecule has 1 amide bonds. The van der Waals surface area contributed by atoms with Crippen LogP contribution >= 0.6 is 0 Å². The highest BCUT2D eigenvalue weighted by Gasteiger charge is 2.65. The van der Waals surface area contributed by atoms with Crippen LogP contribution in [0.5, 0.6) is 5.75 Å². The summed E-state index contributed by atoms with van der Waals surface area (Å²) in [6.45, 7) is 2.02. The zero-order valence-electron chi connectivity index (χ0n) is 18.4. The third-order valence-electron chi connectivity index (χ3n) is 5.96. The van der Waals surface area contributed by atoms with Crippen molar-refractivity contribution in [1.29, 1.82) is 0 Å². The van der Waals surface area contributed by atoms with Crippen molar-refractivity contribution in [2.75, 3.05) is 20.6 Å². The van der Waals surface area contributed by atoms with E-state index in [1.807, 2.05) is 19.0 Å². The van der Waals surface area contributed by atoms with Crippen LogP contribution in [0, 0.1) is 12.3 Å². The van der Waals surface area contributed by atoms with E-state index in [1.54, 1.807) is 43.3 Å². The highest BCUT2D eigenvalue weighted by molar-refractivity contribution is 5.97. The Morgan fingerprint density at radius 1 is 1.22 bits per heavy atom. The summed E-state index contributed by atoms with van der Waals surface area (Å²) in [7, 11) is 3.75. The topological polar surface area (TPSA) is 65.5 Å². The Labute approximate surface area is 186 Å². The van der Waals surface area contributed by atoms with Crippen molar-refractivity contribution in [1.82, 2.24) is 15.2 Å². The summed E-state index contributed by atoms with van der Waals surface area (Å²) in [5.41, 5.74) is -0.0400. The lowest BCUT2D eigenvalue weighted by Gasteiger charge is -2.25. The van der Waals surface area contributed by atoms with E-state index < -0.39 is 17.5 Å². The Morgan fingerprint density at radius 3 is 2.38 bits per heavy atom. The maximum atomic E-state index is 13.8. The predicted octanol–water partition coefficient (Wildman–Crippen LogP) is 4.11. The number of carbonyl (C=O) groups is 1. The van der Waals surface area contributed by atoms with Crippen molar-refractivity contribution in [3.8, 4) is 5.75 Å². The number of phenols is 1. The number of halogens is 3. The molecule has 32 heavy (non-hydrogen) atoms. The van der Waals surface area contributed by atoms with Gasteiger partial charge in [-0.2, -0.15) is 13.2 Å². The summed E-state index contributed by atoms with van der Waals surface area (Å²) >= 11 is 0. The molecule has 0 bridgehead atoms. The van der Waals surface area contributed by atoms with Crippen LogP contribution < -0.4 is 5.32 Å². The van der Waals surface area contributed by atoms with Gasteiger partial charge in [0, 0.05) is 30.6 Å². The summed E-state index contributed by atoms with van der Waals surface area (Å²) in [6, 6.07) is 9.95. The van der Waals surface area contributed by atoms with Gasteiger partial charge in [0.2, 0.25) is 5.91 Å². The predicted molar refractivity (Wildman–Crippen MR) is 117 cm³/mol. The molecule has 0 aliphatic heterocycles. The van der Waals surface area contributed by atoms with Crippen LogP contribution in [-0.2, 0) is 11.2 Å². The van der Waals surface area contributed by atoms with E-state index in [1.165, 1.54) is 6.20 Å². The number of likely N-dealkylation sites (N-methyl/N-ethyl adjacent to an activating group) is 1. The van der Waals surface area contributed by atoms with Crippen molar-refractivity contribution in [2.24, 2.45) is 5.41 Å². The third kappa shape index (κ3) is 5.48. The van der Waals surface area contributed by atoms with Gasteiger partial charge in [-0.3, -0.25) is 9.78 Å². The van der Waals surface area contributed by atoms with Crippen molar-refractivity contribution in [2.45, 2.75) is 38.4 Å². The fourth-order valence-electron chi connectivity index (χ4n) is 3.70. The molecule has 0 radical (unpaired) electrons. The highest BCUT2D eigenvalue weighted by atomic mass is 19.4. The molecule has 3 rings (SSSR count). The summed E-state index contributed by atoms with van der Waals surface area (Å²) < 4.78 is 41.5. The molecule has 0 spiro atoms. The number of amides is 1. The minimum atomic E-state index is -4.44. The monoisotopic (exact) mass is 447 g/mol. The lowest BCUT2D eigenvalue weighted by atomic mass is 9.89. The molecule has 1 aromatic heterocycles. The number of alkyl halides is 3. The molecule has 1 fully saturated rings. The minimum absolute atomic E-state index is 0.0325. The average Bonchev–Trinajstić information content (AvgIpc) is 3.53. The van der Waals surface area contributed by atoms with E-state index in [0.717, 1.165) is 11.6 Å². The smallest absolute Gasteiger partial charge is 0.398 e. The summed E-state index contributed by atoms with van der Waals surface area (Å²) in [6.07, 6.45) is -1.42. The molecular formula is C24H28F3N3O2. The molecule has 2 aromatic rings. The Kier molecular flexibility index (Phi) is 6.93. The number of hydrogen-bond acceptors (Lipinski definition) is 4. The zero-order valence-corrected chi connectivity index (χ0v) is 18.4. The molecule has 0 saturated heterocycles. The van der Waals surface area contributed by atoms with Crippen molar-refractivity contribution in [3.63, 3.8) is 0 Å². The van der Waals surface area contributed by atoms with Crippen LogP contribution in [0.25, 0.3) is 5.57 Å². The largest absolute Gasteiger partial charge is 0.508 e. The number of nitrogens with zero attached hydrogens (tertiary/aromatic N) is 2. The number of aromatic hydroxyl groups is 1. The molecule has 5 nitrogen and oxygen atoms in total. The maximum Gasteiger partial charge on any atom is 0.398 e. The maximum absolute atomic E-state index is 13.8. The molecule has 8 heteroatoms. The van der Waals surface area contributed by atoms with Gasteiger partial charge in [-0.15, -0.1) is 0 Å². The third-order valence-corrected chi connectivity index (χ3v) is 5.96. The first-order chi connectivity index (χ1) is 15.0. The molecular weight excluding hydrogens is 419 g/mol. The first-order valence-corrected chi connectivity index (χ1v) is 10.5. The normalized spacial score (nSPS) is 16.7. The highest BCUT2D eigenvalue weighted by Crippen LogP contribution is 2.64. The Bertz CT molecular complexity index is 963. The van der Waals surface area contributed by atoms with Crippen molar-refractivity contribution >= 4 is 11.5 Å². The second-order valence-corrected chi connectivity index (χ2v) is 8.56. The Balaban J connectivity index is 1.77. The van der Waals surface area contributed by atoms with Crippen LogP contribution in [0.15, 0.2) is 48.7 Å². The molecule has 1 atom stereocenters. The van der Waals surface area contributed by atoms with E-state index >= 15 is 0 Å². The van der Waals surface area contributed by atoms with Gasteiger partial charge in [0.25, 0.3) is 0 Å². The van der Waals surface area contributed by atoms with Gasteiger partial charge in [0.1, 0.15) is 5.75 Å². The summed E-state index contributed by atoms with van der Waals surface area (Å²) in [5, 5.41) is 12.2. The molecule has 1 saturated carbocycles. The van der Waals surface area contributed by atoms with Gasteiger partial charge >= 0.3 is 6.18 Å². The van der Waals surface area contributed by atoms with E-state index in [0.29, 0.717) is 17.7 Å². The van der Waals surface area contributed by atoms with Crippen LogP contribution in [0.4, 0.5) is 13.2 Å². The van der Waals surface area contributed by atoms with Gasteiger partial charge in [-0.1, -0.05) is 18.2 Å². The van der Waals surface area contributed by atoms with Crippen LogP contribution in [-0.4, -0.2) is 53.8 Å². The first-order valence-electron chi connectivity index (χ1n) is 10.5. The number of hydrogen-bond donors (Lipinski definition) is 2. The van der Waals surface area contributed by atoms with E-state index in [4.69, 9.17) is 0 Å². The molecule has 1 aliphatic rings. The zero-order chi connectivity index (χ0) is 23.5. The van der Waals surface area contributed by atoms with E-state index in [-0.39, 0.29) is 36.8 Å². The lowest BCUT2D eigenvalue weighted by molar-refractivity contribution is -0.168.